The summed E-state index contributed by atoms with van der Waals surface area (Å²) in [5.41, 5.74) is 2.88. The lowest BCUT2D eigenvalue weighted by Crippen LogP contribution is -2.33. The van der Waals surface area contributed by atoms with Gasteiger partial charge in [0.2, 0.25) is 0 Å². The second kappa shape index (κ2) is 9.25. The van der Waals surface area contributed by atoms with E-state index in [2.05, 4.69) is 33.8 Å². The van der Waals surface area contributed by atoms with Gasteiger partial charge in [0, 0.05) is 24.0 Å². The first-order valence-corrected chi connectivity index (χ1v) is 11.6. The van der Waals surface area contributed by atoms with Crippen molar-refractivity contribution in [2.24, 2.45) is 0 Å². The lowest BCUT2D eigenvalue weighted by Gasteiger charge is -2.30. The van der Waals surface area contributed by atoms with Crippen LogP contribution < -0.4 is 9.64 Å². The molecule has 1 aromatic carbocycles. The first-order chi connectivity index (χ1) is 17.2. The van der Waals surface area contributed by atoms with Crippen LogP contribution in [-0.4, -0.2) is 37.9 Å². The predicted octanol–water partition coefficient (Wildman–Crippen LogP) is 5.57. The van der Waals surface area contributed by atoms with E-state index in [0.717, 1.165) is 22.9 Å². The minimum absolute atomic E-state index is 0.220. The van der Waals surface area contributed by atoms with Gasteiger partial charge in [-0.05, 0) is 48.7 Å². The maximum atomic E-state index is 13.0. The number of aryl methyl sites for hydroxylation is 1. The molecule has 0 amide bonds. The van der Waals surface area contributed by atoms with E-state index in [0.29, 0.717) is 48.5 Å². The number of pyridine rings is 1. The van der Waals surface area contributed by atoms with Gasteiger partial charge in [-0.3, -0.25) is 4.98 Å². The summed E-state index contributed by atoms with van der Waals surface area (Å²) in [6, 6.07) is 12.2. The summed E-state index contributed by atoms with van der Waals surface area (Å²) in [6.07, 6.45) is -1.01. The van der Waals surface area contributed by atoms with E-state index in [4.69, 9.17) is 9.72 Å². The normalized spacial score (nSPS) is 13.6. The Labute approximate surface area is 206 Å². The van der Waals surface area contributed by atoms with Crippen LogP contribution in [0.4, 0.5) is 19.0 Å². The van der Waals surface area contributed by atoms with Crippen molar-refractivity contribution >= 4 is 5.82 Å². The number of aromatic nitrogens is 5. The van der Waals surface area contributed by atoms with E-state index in [-0.39, 0.29) is 5.92 Å². The first-order valence-electron chi connectivity index (χ1n) is 11.6. The summed E-state index contributed by atoms with van der Waals surface area (Å²) in [7, 11) is 0. The van der Waals surface area contributed by atoms with E-state index in [9.17, 15) is 13.2 Å². The van der Waals surface area contributed by atoms with Gasteiger partial charge in [-0.25, -0.2) is 14.6 Å². The number of fused-ring (bicyclic) bond motifs is 1. The Morgan fingerprint density at radius 1 is 1.08 bits per heavy atom. The Balaban J connectivity index is 1.41. The zero-order valence-electron chi connectivity index (χ0n) is 20.1. The summed E-state index contributed by atoms with van der Waals surface area (Å²) in [5, 5.41) is 3.73. The SMILES string of the molecule is Cc1cc(C(F)(F)F)nn1-c1ccc(CN2CCOc3cnc(-c4cccnc4C(C)C)nc32)cc1. The number of alkyl halides is 3. The van der Waals surface area contributed by atoms with Crippen LogP contribution in [-0.2, 0) is 12.7 Å². The number of halogens is 3. The second-order valence-corrected chi connectivity index (χ2v) is 8.99. The maximum Gasteiger partial charge on any atom is 0.435 e. The van der Waals surface area contributed by atoms with Crippen LogP contribution in [0.5, 0.6) is 5.75 Å². The van der Waals surface area contributed by atoms with Gasteiger partial charge >= 0.3 is 6.18 Å². The second-order valence-electron chi connectivity index (χ2n) is 8.99. The van der Waals surface area contributed by atoms with Gasteiger partial charge in [-0.2, -0.15) is 18.3 Å². The van der Waals surface area contributed by atoms with E-state index < -0.39 is 11.9 Å². The summed E-state index contributed by atoms with van der Waals surface area (Å²) in [6.45, 7) is 7.47. The number of benzene rings is 1. The van der Waals surface area contributed by atoms with Crippen LogP contribution in [0.15, 0.2) is 54.9 Å². The molecule has 1 aliphatic rings. The Kier molecular flexibility index (Phi) is 6.11. The average molecular weight is 495 g/mol. The highest BCUT2D eigenvalue weighted by molar-refractivity contribution is 5.64. The van der Waals surface area contributed by atoms with Gasteiger partial charge in [0.05, 0.1) is 24.1 Å². The third-order valence-corrected chi connectivity index (χ3v) is 6.01. The molecule has 0 fully saturated rings. The fraction of sp³-hybridized carbons (Fsp3) is 0.308. The smallest absolute Gasteiger partial charge is 0.435 e. The van der Waals surface area contributed by atoms with E-state index >= 15 is 0 Å². The van der Waals surface area contributed by atoms with Crippen LogP contribution in [0.3, 0.4) is 0 Å². The minimum atomic E-state index is -4.48. The van der Waals surface area contributed by atoms with Crippen molar-refractivity contribution in [1.29, 1.82) is 0 Å². The Hall–Kier alpha value is -3.95. The molecular weight excluding hydrogens is 469 g/mol. The molecule has 0 atom stereocenters. The van der Waals surface area contributed by atoms with Crippen molar-refractivity contribution in [3.8, 4) is 22.8 Å². The molecule has 0 saturated carbocycles. The molecule has 36 heavy (non-hydrogen) atoms. The molecule has 0 bridgehead atoms. The monoisotopic (exact) mass is 494 g/mol. The largest absolute Gasteiger partial charge is 0.486 e. The number of rotatable bonds is 5. The first kappa shape index (κ1) is 23.8. The molecule has 0 saturated heterocycles. The van der Waals surface area contributed by atoms with Crippen molar-refractivity contribution in [1.82, 2.24) is 24.7 Å². The van der Waals surface area contributed by atoms with Gasteiger partial charge in [-0.15, -0.1) is 0 Å². The number of hydrogen-bond acceptors (Lipinski definition) is 6. The molecule has 0 N–H and O–H groups in total. The van der Waals surface area contributed by atoms with E-state index in [1.54, 1.807) is 31.5 Å². The maximum absolute atomic E-state index is 13.0. The van der Waals surface area contributed by atoms with Gasteiger partial charge in [0.1, 0.15) is 6.61 Å². The van der Waals surface area contributed by atoms with Crippen LogP contribution in [0, 0.1) is 6.92 Å². The number of ether oxygens (including phenoxy) is 1. The zero-order chi connectivity index (χ0) is 25.4. The topological polar surface area (TPSA) is 69.0 Å². The lowest BCUT2D eigenvalue weighted by atomic mass is 10.0. The quantitative estimate of drug-likeness (QED) is 0.361. The highest BCUT2D eigenvalue weighted by Crippen LogP contribution is 2.34. The van der Waals surface area contributed by atoms with Gasteiger partial charge in [-0.1, -0.05) is 26.0 Å². The van der Waals surface area contributed by atoms with Crippen molar-refractivity contribution in [2.45, 2.75) is 39.4 Å². The molecule has 186 valence electrons. The zero-order valence-corrected chi connectivity index (χ0v) is 20.1. The number of hydrogen-bond donors (Lipinski definition) is 0. The predicted molar refractivity (Wildman–Crippen MR) is 129 cm³/mol. The third-order valence-electron chi connectivity index (χ3n) is 6.01. The average Bonchev–Trinajstić information content (AvgIpc) is 3.26. The molecule has 0 radical (unpaired) electrons. The summed E-state index contributed by atoms with van der Waals surface area (Å²) >= 11 is 0. The highest BCUT2D eigenvalue weighted by atomic mass is 19.4. The molecular formula is C26H25F3N6O. The van der Waals surface area contributed by atoms with Crippen LogP contribution in [0.1, 0.15) is 42.4 Å². The highest BCUT2D eigenvalue weighted by Gasteiger charge is 2.34. The van der Waals surface area contributed by atoms with Crippen LogP contribution in [0.25, 0.3) is 17.1 Å². The fourth-order valence-corrected chi connectivity index (χ4v) is 4.25. The third kappa shape index (κ3) is 4.62. The van der Waals surface area contributed by atoms with Gasteiger partial charge in [0.15, 0.2) is 23.1 Å². The Morgan fingerprint density at radius 2 is 1.86 bits per heavy atom. The molecule has 0 aliphatic carbocycles. The fourth-order valence-electron chi connectivity index (χ4n) is 4.25. The van der Waals surface area contributed by atoms with Crippen molar-refractivity contribution in [2.75, 3.05) is 18.1 Å². The molecule has 10 heteroatoms. The molecule has 4 heterocycles. The molecule has 3 aromatic heterocycles. The Bertz CT molecular complexity index is 1380. The molecule has 1 aliphatic heterocycles. The van der Waals surface area contributed by atoms with Gasteiger partial charge in [0.25, 0.3) is 0 Å². The van der Waals surface area contributed by atoms with Crippen LogP contribution in [0.2, 0.25) is 0 Å². The van der Waals surface area contributed by atoms with Crippen molar-refractivity contribution < 1.29 is 17.9 Å². The molecule has 0 spiro atoms. The standard InChI is InChI=1S/C26H25F3N6O/c1-16(2)23-20(5-4-10-30-23)24-31-14-21-25(32-24)34(11-12-36-21)15-18-6-8-19(9-7-18)35-17(3)13-22(33-35)26(27,28)29/h4-10,13-14,16H,11-12,15H2,1-3H3. The minimum Gasteiger partial charge on any atom is -0.486 e. The lowest BCUT2D eigenvalue weighted by molar-refractivity contribution is -0.141. The summed E-state index contributed by atoms with van der Waals surface area (Å²) in [4.78, 5) is 16.0. The molecule has 0 unspecified atom stereocenters. The summed E-state index contributed by atoms with van der Waals surface area (Å²) < 4.78 is 46.2. The van der Waals surface area contributed by atoms with Gasteiger partial charge < -0.3 is 9.64 Å². The summed E-state index contributed by atoms with van der Waals surface area (Å²) in [5.74, 6) is 2.12. The molecule has 7 nitrogen and oxygen atoms in total. The number of nitrogens with zero attached hydrogens (tertiary/aromatic N) is 6. The molecule has 4 aromatic rings. The van der Waals surface area contributed by atoms with E-state index in [1.165, 1.54) is 4.68 Å². The van der Waals surface area contributed by atoms with Crippen LogP contribution >= 0.6 is 0 Å². The Morgan fingerprint density at radius 3 is 2.56 bits per heavy atom. The van der Waals surface area contributed by atoms with Crippen molar-refractivity contribution in [3.05, 3.63) is 77.5 Å². The number of anilines is 1. The molecule has 5 rings (SSSR count). The van der Waals surface area contributed by atoms with E-state index in [1.807, 2.05) is 24.3 Å². The van der Waals surface area contributed by atoms with Crippen molar-refractivity contribution in [3.63, 3.8) is 0 Å².